The molecule has 0 aliphatic carbocycles. The van der Waals surface area contributed by atoms with Gasteiger partial charge < -0.3 is 5.73 Å². The molecule has 0 saturated carbocycles. The van der Waals surface area contributed by atoms with Crippen LogP contribution < -0.4 is 5.73 Å². The highest BCUT2D eigenvalue weighted by Gasteiger charge is 2.17. The van der Waals surface area contributed by atoms with Crippen LogP contribution in [0.25, 0.3) is 0 Å². The third kappa shape index (κ3) is 2.26. The van der Waals surface area contributed by atoms with Gasteiger partial charge in [-0.05, 0) is 44.4 Å². The van der Waals surface area contributed by atoms with Crippen molar-refractivity contribution in [1.82, 2.24) is 4.98 Å². The van der Waals surface area contributed by atoms with Crippen molar-refractivity contribution in [3.05, 3.63) is 50.5 Å². The first-order valence-corrected chi connectivity index (χ1v) is 6.58. The second-order valence-corrected chi connectivity index (χ2v) is 5.71. The summed E-state index contributed by atoms with van der Waals surface area (Å²) in [7, 11) is 0. The van der Waals surface area contributed by atoms with E-state index in [4.69, 9.17) is 5.73 Å². The molecule has 1 heterocycles. The molecule has 1 aromatic carbocycles. The molecule has 2 nitrogen and oxygen atoms in total. The van der Waals surface area contributed by atoms with Crippen LogP contribution in [0.5, 0.6) is 0 Å². The van der Waals surface area contributed by atoms with Crippen LogP contribution in [0, 0.1) is 27.7 Å². The van der Waals surface area contributed by atoms with Gasteiger partial charge in [-0.3, -0.25) is 0 Å². The molecule has 0 aliphatic heterocycles. The molecule has 0 saturated heterocycles. The summed E-state index contributed by atoms with van der Waals surface area (Å²) in [6.07, 6.45) is 0. The highest BCUT2D eigenvalue weighted by atomic mass is 32.1. The molecule has 2 rings (SSSR count). The van der Waals surface area contributed by atoms with Crippen molar-refractivity contribution < 1.29 is 0 Å². The monoisotopic (exact) mass is 246 g/mol. The summed E-state index contributed by atoms with van der Waals surface area (Å²) in [5.74, 6) is 0. The van der Waals surface area contributed by atoms with Crippen molar-refractivity contribution >= 4 is 11.3 Å². The zero-order valence-electron chi connectivity index (χ0n) is 10.7. The average Bonchev–Trinajstić information content (AvgIpc) is 2.59. The van der Waals surface area contributed by atoms with Gasteiger partial charge in [-0.2, -0.15) is 0 Å². The third-order valence-corrected chi connectivity index (χ3v) is 4.32. The minimum Gasteiger partial charge on any atom is -0.318 e. The standard InChI is InChI=1S/C14H18N2S/c1-8-6-5-7-9(2)12(8)13(15)14-16-10(3)11(4)17-14/h5-7,13H,15H2,1-4H3. The lowest BCUT2D eigenvalue weighted by atomic mass is 9.97. The van der Waals surface area contributed by atoms with Crippen molar-refractivity contribution in [2.75, 3.05) is 0 Å². The first-order chi connectivity index (χ1) is 8.00. The maximum atomic E-state index is 6.35. The molecule has 0 fully saturated rings. The van der Waals surface area contributed by atoms with Crippen LogP contribution >= 0.6 is 11.3 Å². The molecule has 2 aromatic rings. The van der Waals surface area contributed by atoms with Gasteiger partial charge in [-0.15, -0.1) is 11.3 Å². The second-order valence-electron chi connectivity index (χ2n) is 4.48. The summed E-state index contributed by atoms with van der Waals surface area (Å²) in [6, 6.07) is 6.18. The Morgan fingerprint density at radius 2 is 1.71 bits per heavy atom. The number of benzene rings is 1. The lowest BCUT2D eigenvalue weighted by molar-refractivity contribution is 0.834. The topological polar surface area (TPSA) is 38.9 Å². The maximum absolute atomic E-state index is 6.35. The van der Waals surface area contributed by atoms with Crippen molar-refractivity contribution in [1.29, 1.82) is 0 Å². The molecule has 1 aromatic heterocycles. The zero-order valence-corrected chi connectivity index (χ0v) is 11.6. The molecule has 1 atom stereocenters. The Bertz CT molecular complexity index is 503. The Morgan fingerprint density at radius 3 is 2.18 bits per heavy atom. The van der Waals surface area contributed by atoms with Crippen molar-refractivity contribution in [2.45, 2.75) is 33.7 Å². The maximum Gasteiger partial charge on any atom is 0.114 e. The Balaban J connectivity index is 2.47. The molecule has 0 aliphatic rings. The predicted octanol–water partition coefficient (Wildman–Crippen LogP) is 3.42. The number of thiazole rings is 1. The summed E-state index contributed by atoms with van der Waals surface area (Å²) < 4.78 is 0. The number of aromatic nitrogens is 1. The third-order valence-electron chi connectivity index (χ3n) is 3.16. The molecular formula is C14H18N2S. The molecule has 0 spiro atoms. The minimum atomic E-state index is -0.103. The van der Waals surface area contributed by atoms with Crippen molar-refractivity contribution in [2.24, 2.45) is 5.73 Å². The summed E-state index contributed by atoms with van der Waals surface area (Å²) in [5, 5.41) is 1.01. The highest BCUT2D eigenvalue weighted by Crippen LogP contribution is 2.29. The quantitative estimate of drug-likeness (QED) is 0.881. The van der Waals surface area contributed by atoms with E-state index in [1.54, 1.807) is 11.3 Å². The van der Waals surface area contributed by atoms with Crippen LogP contribution in [0.3, 0.4) is 0 Å². The van der Waals surface area contributed by atoms with Gasteiger partial charge in [-0.25, -0.2) is 4.98 Å². The van der Waals surface area contributed by atoms with Gasteiger partial charge in [0.2, 0.25) is 0 Å². The van der Waals surface area contributed by atoms with E-state index in [1.807, 2.05) is 6.92 Å². The van der Waals surface area contributed by atoms with E-state index < -0.39 is 0 Å². The van der Waals surface area contributed by atoms with E-state index in [2.05, 4.69) is 44.0 Å². The van der Waals surface area contributed by atoms with E-state index in [-0.39, 0.29) is 6.04 Å². The molecule has 1 unspecified atom stereocenters. The summed E-state index contributed by atoms with van der Waals surface area (Å²) in [5.41, 5.74) is 11.1. The average molecular weight is 246 g/mol. The van der Waals surface area contributed by atoms with Gasteiger partial charge in [0.1, 0.15) is 5.01 Å². The molecule has 2 N–H and O–H groups in total. The molecule has 0 radical (unpaired) electrons. The van der Waals surface area contributed by atoms with E-state index in [1.165, 1.54) is 21.6 Å². The summed E-state index contributed by atoms with van der Waals surface area (Å²) in [4.78, 5) is 5.81. The van der Waals surface area contributed by atoms with Gasteiger partial charge in [0, 0.05) is 4.88 Å². The van der Waals surface area contributed by atoms with Crippen LogP contribution in [0.4, 0.5) is 0 Å². The number of nitrogens with zero attached hydrogens (tertiary/aromatic N) is 1. The molecule has 90 valence electrons. The number of hydrogen-bond acceptors (Lipinski definition) is 3. The smallest absolute Gasteiger partial charge is 0.114 e. The zero-order chi connectivity index (χ0) is 12.6. The molecule has 0 amide bonds. The lowest BCUT2D eigenvalue weighted by Crippen LogP contribution is -2.14. The lowest BCUT2D eigenvalue weighted by Gasteiger charge is -2.15. The minimum absolute atomic E-state index is 0.103. The van der Waals surface area contributed by atoms with Gasteiger partial charge >= 0.3 is 0 Å². The van der Waals surface area contributed by atoms with E-state index >= 15 is 0 Å². The van der Waals surface area contributed by atoms with E-state index in [0.29, 0.717) is 0 Å². The summed E-state index contributed by atoms with van der Waals surface area (Å²) in [6.45, 7) is 8.34. The van der Waals surface area contributed by atoms with Gasteiger partial charge in [0.15, 0.2) is 0 Å². The van der Waals surface area contributed by atoms with Gasteiger partial charge in [0.05, 0.1) is 11.7 Å². The molecule has 3 heteroatoms. The Hall–Kier alpha value is -1.19. The number of hydrogen-bond donors (Lipinski definition) is 1. The predicted molar refractivity (Wildman–Crippen MR) is 73.5 cm³/mol. The molecule has 17 heavy (non-hydrogen) atoms. The number of nitrogens with two attached hydrogens (primary N) is 1. The number of aryl methyl sites for hydroxylation is 4. The van der Waals surface area contributed by atoms with Crippen LogP contribution in [0.1, 0.15) is 38.3 Å². The number of rotatable bonds is 2. The SMILES string of the molecule is Cc1cccc(C)c1C(N)c1nc(C)c(C)s1. The van der Waals surface area contributed by atoms with Crippen LogP contribution in [-0.4, -0.2) is 4.98 Å². The van der Waals surface area contributed by atoms with Crippen LogP contribution in [0.15, 0.2) is 18.2 Å². The highest BCUT2D eigenvalue weighted by molar-refractivity contribution is 7.11. The fraction of sp³-hybridized carbons (Fsp3) is 0.357. The first kappa shape index (κ1) is 12.3. The molecule has 0 bridgehead atoms. The first-order valence-electron chi connectivity index (χ1n) is 5.76. The fourth-order valence-corrected chi connectivity index (χ4v) is 3.01. The second kappa shape index (κ2) is 4.59. The van der Waals surface area contributed by atoms with Crippen molar-refractivity contribution in [3.63, 3.8) is 0 Å². The Labute approximate surface area is 107 Å². The van der Waals surface area contributed by atoms with E-state index in [9.17, 15) is 0 Å². The largest absolute Gasteiger partial charge is 0.318 e. The van der Waals surface area contributed by atoms with E-state index in [0.717, 1.165) is 10.7 Å². The van der Waals surface area contributed by atoms with Crippen LogP contribution in [0.2, 0.25) is 0 Å². The summed E-state index contributed by atoms with van der Waals surface area (Å²) >= 11 is 1.70. The van der Waals surface area contributed by atoms with Gasteiger partial charge in [-0.1, -0.05) is 18.2 Å². The van der Waals surface area contributed by atoms with Crippen LogP contribution in [-0.2, 0) is 0 Å². The Kier molecular flexibility index (Phi) is 3.31. The van der Waals surface area contributed by atoms with Gasteiger partial charge in [0.25, 0.3) is 0 Å². The van der Waals surface area contributed by atoms with Crippen molar-refractivity contribution in [3.8, 4) is 0 Å². The Morgan fingerprint density at radius 1 is 1.12 bits per heavy atom. The fourth-order valence-electron chi connectivity index (χ4n) is 2.07. The molecular weight excluding hydrogens is 228 g/mol. The normalized spacial score (nSPS) is 12.8.